The van der Waals surface area contributed by atoms with Crippen molar-refractivity contribution < 1.29 is 9.52 Å². The summed E-state index contributed by atoms with van der Waals surface area (Å²) in [6.45, 7) is 10.7. The van der Waals surface area contributed by atoms with Gasteiger partial charge in [-0.1, -0.05) is 0 Å². The molecule has 1 saturated heterocycles. The molecule has 1 aliphatic heterocycles. The molecule has 0 unspecified atom stereocenters. The fourth-order valence-electron chi connectivity index (χ4n) is 4.53. The van der Waals surface area contributed by atoms with Crippen molar-refractivity contribution in [1.82, 2.24) is 15.2 Å². The monoisotopic (exact) mass is 425 g/mol. The van der Waals surface area contributed by atoms with Crippen LogP contribution < -0.4 is 16.8 Å². The van der Waals surface area contributed by atoms with E-state index in [-0.39, 0.29) is 16.8 Å². The molecule has 1 fully saturated rings. The van der Waals surface area contributed by atoms with Crippen molar-refractivity contribution in [1.29, 1.82) is 0 Å². The second kappa shape index (κ2) is 8.30. The van der Waals surface area contributed by atoms with E-state index in [1.807, 2.05) is 20.0 Å². The third-order valence-electron chi connectivity index (χ3n) is 5.73. The zero-order valence-electron chi connectivity index (χ0n) is 19.4. The first-order valence-corrected chi connectivity index (χ1v) is 10.6. The van der Waals surface area contributed by atoms with E-state index in [0.717, 1.165) is 12.8 Å². The first-order valence-electron chi connectivity index (χ1n) is 10.6. The van der Waals surface area contributed by atoms with Gasteiger partial charge in [0.15, 0.2) is 0 Å². The first-order chi connectivity index (χ1) is 14.4. The maximum Gasteiger partial charge on any atom is 0.226 e. The van der Waals surface area contributed by atoms with Gasteiger partial charge in [-0.25, -0.2) is 4.98 Å². The number of nitrogens with zero attached hydrogens (tertiary/aromatic N) is 2. The van der Waals surface area contributed by atoms with Gasteiger partial charge in [0.05, 0.1) is 12.0 Å². The highest BCUT2D eigenvalue weighted by molar-refractivity contribution is 5.72. The van der Waals surface area contributed by atoms with Crippen molar-refractivity contribution in [2.24, 2.45) is 11.5 Å². The van der Waals surface area contributed by atoms with Gasteiger partial charge in [0.2, 0.25) is 5.89 Å². The lowest BCUT2D eigenvalue weighted by molar-refractivity contribution is 0.0981. The smallest absolute Gasteiger partial charge is 0.226 e. The number of phenols is 1. The van der Waals surface area contributed by atoms with Gasteiger partial charge in [0.25, 0.3) is 0 Å². The number of aromatic hydroxyl groups is 1. The van der Waals surface area contributed by atoms with Gasteiger partial charge in [-0.3, -0.25) is 0 Å². The summed E-state index contributed by atoms with van der Waals surface area (Å²) in [6, 6.07) is 5.48. The molecule has 1 aromatic carbocycles. The minimum absolute atomic E-state index is 0.0325. The highest BCUT2D eigenvalue weighted by atomic mass is 16.4. The van der Waals surface area contributed by atoms with E-state index < -0.39 is 0 Å². The van der Waals surface area contributed by atoms with E-state index in [9.17, 15) is 5.11 Å². The molecule has 0 saturated carbocycles. The Morgan fingerprint density at radius 1 is 1.19 bits per heavy atom. The van der Waals surface area contributed by atoms with E-state index in [0.29, 0.717) is 40.3 Å². The molecule has 0 atom stereocenters. The zero-order valence-corrected chi connectivity index (χ0v) is 19.4. The van der Waals surface area contributed by atoms with Crippen LogP contribution in [0.1, 0.15) is 51.9 Å². The Morgan fingerprint density at radius 2 is 1.84 bits per heavy atom. The second-order valence-electron chi connectivity index (χ2n) is 9.79. The van der Waals surface area contributed by atoms with Crippen LogP contribution in [-0.4, -0.2) is 39.2 Å². The Labute approximate surface area is 184 Å². The summed E-state index contributed by atoms with van der Waals surface area (Å²) in [5.41, 5.74) is 14.3. The molecule has 0 amide bonds. The van der Waals surface area contributed by atoms with Crippen LogP contribution in [0, 0.1) is 6.92 Å². The Kier molecular flexibility index (Phi) is 6.09. The van der Waals surface area contributed by atoms with E-state index >= 15 is 0 Å². The normalized spacial score (nSPS) is 19.4. The topological polar surface area (TPSA) is 114 Å². The van der Waals surface area contributed by atoms with E-state index in [2.05, 4.69) is 42.9 Å². The number of hydrogen-bond acceptors (Lipinski definition) is 7. The number of hydrogen-bond donors (Lipinski definition) is 4. The summed E-state index contributed by atoms with van der Waals surface area (Å²) in [4.78, 5) is 6.30. The van der Waals surface area contributed by atoms with Crippen molar-refractivity contribution in [3.63, 3.8) is 0 Å². The Hall–Kier alpha value is -2.93. The highest BCUT2D eigenvalue weighted by Crippen LogP contribution is 2.32. The number of benzene rings is 1. The fourth-order valence-corrected chi connectivity index (χ4v) is 4.53. The van der Waals surface area contributed by atoms with Crippen LogP contribution in [0.2, 0.25) is 0 Å². The maximum absolute atomic E-state index is 10.5. The largest absolute Gasteiger partial charge is 0.507 e. The first kappa shape index (κ1) is 22.7. The molecular weight excluding hydrogens is 390 g/mol. The summed E-state index contributed by atoms with van der Waals surface area (Å²) >= 11 is 0. The quantitative estimate of drug-likeness (QED) is 0.540. The van der Waals surface area contributed by atoms with Gasteiger partial charge in [-0.15, -0.1) is 0 Å². The van der Waals surface area contributed by atoms with Crippen molar-refractivity contribution in [3.05, 3.63) is 53.7 Å². The van der Waals surface area contributed by atoms with E-state index in [1.54, 1.807) is 30.5 Å². The lowest BCUT2D eigenvalue weighted by Crippen LogP contribution is -2.61. The molecule has 0 aliphatic carbocycles. The second-order valence-corrected chi connectivity index (χ2v) is 9.79. The Morgan fingerprint density at radius 3 is 2.39 bits per heavy atom. The lowest BCUT2D eigenvalue weighted by atomic mass is 9.79. The molecule has 7 heteroatoms. The van der Waals surface area contributed by atoms with Crippen molar-refractivity contribution in [2.45, 2.75) is 64.6 Å². The molecule has 3 rings (SSSR count). The number of aryl methyl sites for hydroxylation is 1. The molecule has 0 bridgehead atoms. The summed E-state index contributed by atoms with van der Waals surface area (Å²) < 4.78 is 5.51. The number of nitrogens with two attached hydrogens (primary N) is 2. The molecular formula is C24H35N5O2. The number of allylic oxidation sites excluding steroid dienone is 2. The summed E-state index contributed by atoms with van der Waals surface area (Å²) in [6.07, 6.45) is 7.14. The molecule has 168 valence electrons. The van der Waals surface area contributed by atoms with Crippen LogP contribution >= 0.6 is 0 Å². The fraction of sp³-hybridized carbons (Fsp3) is 0.458. The molecule has 1 aromatic heterocycles. The molecule has 7 nitrogen and oxygen atoms in total. The third-order valence-corrected chi connectivity index (χ3v) is 5.73. The number of nitrogens with one attached hydrogen (secondary N) is 1. The summed E-state index contributed by atoms with van der Waals surface area (Å²) in [5.74, 6) is 1.86. The van der Waals surface area contributed by atoms with Gasteiger partial charge in [-0.2, -0.15) is 0 Å². The van der Waals surface area contributed by atoms with Gasteiger partial charge >= 0.3 is 0 Å². The number of aromatic nitrogens is 1. The zero-order chi connectivity index (χ0) is 23.0. The van der Waals surface area contributed by atoms with Crippen LogP contribution in [0.25, 0.3) is 17.2 Å². The number of oxazole rings is 1. The van der Waals surface area contributed by atoms with Crippen molar-refractivity contribution >= 4 is 5.70 Å². The van der Waals surface area contributed by atoms with Crippen LogP contribution in [0.15, 0.2) is 46.8 Å². The van der Waals surface area contributed by atoms with Crippen molar-refractivity contribution in [3.8, 4) is 17.2 Å². The Balaban J connectivity index is 1.76. The van der Waals surface area contributed by atoms with Gasteiger partial charge in [-0.05, 0) is 77.8 Å². The average Bonchev–Trinajstić information content (AvgIpc) is 3.09. The molecule has 2 aromatic rings. The number of phenolic OH excluding ortho intramolecular Hbond substituents is 1. The predicted molar refractivity (Wildman–Crippen MR) is 125 cm³/mol. The highest BCUT2D eigenvalue weighted by Gasteiger charge is 2.39. The molecule has 31 heavy (non-hydrogen) atoms. The van der Waals surface area contributed by atoms with Gasteiger partial charge < -0.3 is 31.2 Å². The lowest BCUT2D eigenvalue weighted by Gasteiger charge is -2.49. The van der Waals surface area contributed by atoms with Crippen LogP contribution in [0.5, 0.6) is 5.75 Å². The predicted octanol–water partition coefficient (Wildman–Crippen LogP) is 3.70. The summed E-state index contributed by atoms with van der Waals surface area (Å²) in [7, 11) is 2.02. The molecule has 6 N–H and O–H groups in total. The maximum atomic E-state index is 10.5. The average molecular weight is 426 g/mol. The van der Waals surface area contributed by atoms with Crippen LogP contribution in [0.3, 0.4) is 0 Å². The number of rotatable bonds is 5. The van der Waals surface area contributed by atoms with Crippen LogP contribution in [0.4, 0.5) is 0 Å². The van der Waals surface area contributed by atoms with E-state index in [4.69, 9.17) is 15.9 Å². The molecule has 0 radical (unpaired) electrons. The van der Waals surface area contributed by atoms with Crippen molar-refractivity contribution in [2.75, 3.05) is 7.05 Å². The summed E-state index contributed by atoms with van der Waals surface area (Å²) in [5, 5.41) is 14.2. The third kappa shape index (κ3) is 5.41. The SMILES string of the molecule is Cc1cnc(-c2ccc(/C(N)=C/C=C(\N)N(C)C3CC(C)(C)NC(C)(C)C3)c(O)c2)o1. The standard InChI is InChI=1S/C24H35N5O2/c1-15-14-27-22(31-15)16-7-8-18(20(30)11-16)19(25)9-10-21(26)29(6)17-12-23(2,3)28-24(4,5)13-17/h7-11,14,17,28,30H,12-13,25-26H2,1-6H3/b19-9-,21-10+. The van der Waals surface area contributed by atoms with Gasteiger partial charge in [0.1, 0.15) is 11.5 Å². The minimum atomic E-state index is 0.0325. The number of piperidine rings is 1. The molecule has 1 aliphatic rings. The van der Waals surface area contributed by atoms with E-state index in [1.165, 1.54) is 0 Å². The molecule has 2 heterocycles. The molecule has 0 spiro atoms. The van der Waals surface area contributed by atoms with Crippen LogP contribution in [-0.2, 0) is 0 Å². The Bertz CT molecular complexity index is 987. The van der Waals surface area contributed by atoms with Gasteiger partial charge in [0, 0.05) is 41.0 Å². The minimum Gasteiger partial charge on any atom is -0.507 e.